The number of nitrogens with two attached hydrogens (primary N) is 1. The monoisotopic (exact) mass is 488 g/mol. The lowest BCUT2D eigenvalue weighted by Crippen LogP contribution is -2.54. The molecule has 3 unspecified atom stereocenters. The predicted molar refractivity (Wildman–Crippen MR) is 139 cm³/mol. The third kappa shape index (κ3) is 2.33. The Bertz CT molecular complexity index is 1580. The van der Waals surface area contributed by atoms with Crippen LogP contribution in [-0.2, 0) is 10.2 Å². The van der Waals surface area contributed by atoms with Crippen LogP contribution in [0.25, 0.3) is 27.1 Å². The van der Waals surface area contributed by atoms with Crippen LogP contribution >= 0.6 is 11.3 Å². The van der Waals surface area contributed by atoms with Crippen molar-refractivity contribution in [2.75, 3.05) is 13.1 Å². The largest absolute Gasteiger partial charge is 0.369 e. The average Bonchev–Trinajstić information content (AvgIpc) is 3.40. The summed E-state index contributed by atoms with van der Waals surface area (Å²) in [6.07, 6.45) is 4.90. The fraction of sp³-hybridized carbons (Fsp3) is 0.519. The van der Waals surface area contributed by atoms with Crippen LogP contribution in [0.5, 0.6) is 0 Å². The number of carbonyl (C=O) groups excluding carboxylic acids is 1. The van der Waals surface area contributed by atoms with E-state index < -0.39 is 0 Å². The summed E-state index contributed by atoms with van der Waals surface area (Å²) < 4.78 is 1.90. The van der Waals surface area contributed by atoms with E-state index in [0.29, 0.717) is 24.4 Å². The Labute approximate surface area is 208 Å². The van der Waals surface area contributed by atoms with Gasteiger partial charge in [0, 0.05) is 40.0 Å². The summed E-state index contributed by atoms with van der Waals surface area (Å²) >= 11 is 1.96. The van der Waals surface area contributed by atoms with Crippen LogP contribution in [0.15, 0.2) is 12.5 Å². The van der Waals surface area contributed by atoms with Gasteiger partial charge in [0.2, 0.25) is 5.91 Å². The fourth-order valence-corrected chi connectivity index (χ4v) is 9.69. The summed E-state index contributed by atoms with van der Waals surface area (Å²) in [6.45, 7) is 15.1. The van der Waals surface area contributed by atoms with Gasteiger partial charge in [-0.1, -0.05) is 20.8 Å². The van der Waals surface area contributed by atoms with E-state index in [-0.39, 0.29) is 16.7 Å². The van der Waals surface area contributed by atoms with Gasteiger partial charge in [0.25, 0.3) is 0 Å². The van der Waals surface area contributed by atoms with E-state index in [4.69, 9.17) is 5.73 Å². The number of hydrogen-bond donors (Lipinski definition) is 2. The molecule has 4 aromatic heterocycles. The minimum Gasteiger partial charge on any atom is -0.369 e. The predicted octanol–water partition coefficient (Wildman–Crippen LogP) is 4.43. The van der Waals surface area contributed by atoms with E-state index in [1.807, 2.05) is 15.9 Å². The Balaban J connectivity index is 1.35. The molecule has 0 spiro atoms. The normalized spacial score (nSPS) is 29.3. The van der Waals surface area contributed by atoms with E-state index in [2.05, 4.69) is 67.7 Å². The highest BCUT2D eigenvalue weighted by Crippen LogP contribution is 2.86. The second-order valence-electron chi connectivity index (χ2n) is 11.6. The second-order valence-corrected chi connectivity index (χ2v) is 12.6. The number of pyridine rings is 1. The number of H-pyrrole nitrogens is 1. The molecule has 7 nitrogen and oxygen atoms in total. The summed E-state index contributed by atoms with van der Waals surface area (Å²) in [6, 6.07) is 0.486. The Kier molecular flexibility index (Phi) is 4.02. The van der Waals surface area contributed by atoms with Gasteiger partial charge in [-0.15, -0.1) is 11.3 Å². The molecule has 1 aliphatic heterocycles. The summed E-state index contributed by atoms with van der Waals surface area (Å²) in [7, 11) is 0. The van der Waals surface area contributed by atoms with Crippen molar-refractivity contribution in [3.8, 4) is 11.3 Å². The number of thiophene rings is 1. The fourth-order valence-electron chi connectivity index (χ4n) is 8.08. The molecule has 0 aromatic carbocycles. The Morgan fingerprint density at radius 2 is 2.06 bits per heavy atom. The molecule has 2 saturated carbocycles. The number of fused-ring (bicyclic) bond motifs is 3. The number of aromatic nitrogens is 4. The lowest BCUT2D eigenvalue weighted by molar-refractivity contribution is -0.120. The molecule has 35 heavy (non-hydrogen) atoms. The molecule has 182 valence electrons. The summed E-state index contributed by atoms with van der Waals surface area (Å²) in [4.78, 5) is 25.0. The van der Waals surface area contributed by atoms with Crippen LogP contribution in [0.3, 0.4) is 0 Å². The van der Waals surface area contributed by atoms with Crippen molar-refractivity contribution in [3.63, 3.8) is 0 Å². The number of piperidine rings is 2. The maximum atomic E-state index is 11.6. The summed E-state index contributed by atoms with van der Waals surface area (Å²) in [5.74, 6) is 0.803. The van der Waals surface area contributed by atoms with Crippen LogP contribution in [0.2, 0.25) is 0 Å². The lowest BCUT2D eigenvalue weighted by Gasteiger charge is -2.47. The highest BCUT2D eigenvalue weighted by Gasteiger charge is 2.89. The number of nitrogens with zero attached hydrogens (tertiary/aromatic N) is 4. The Morgan fingerprint density at radius 3 is 2.69 bits per heavy atom. The molecule has 5 heterocycles. The molecule has 3 fully saturated rings. The SMILES string of the molecule is Cc1c(-c2[nH]c3sc([C@]45CC6N(CC(N)=O)CC4C65C)c(C)c3c2C(C)C)cn2ncnc2c1C. The van der Waals surface area contributed by atoms with E-state index in [0.717, 1.165) is 18.6 Å². The van der Waals surface area contributed by atoms with Crippen LogP contribution in [-0.4, -0.2) is 49.5 Å². The molecule has 2 aliphatic carbocycles. The van der Waals surface area contributed by atoms with Crippen molar-refractivity contribution in [3.05, 3.63) is 39.7 Å². The zero-order chi connectivity index (χ0) is 24.6. The van der Waals surface area contributed by atoms with Crippen molar-refractivity contribution in [1.82, 2.24) is 24.5 Å². The molecule has 4 aromatic rings. The maximum absolute atomic E-state index is 11.6. The zero-order valence-corrected chi connectivity index (χ0v) is 22.0. The van der Waals surface area contributed by atoms with Crippen molar-refractivity contribution < 1.29 is 4.79 Å². The van der Waals surface area contributed by atoms with Crippen LogP contribution < -0.4 is 5.73 Å². The molecule has 3 N–H and O–H groups in total. The number of aromatic amines is 1. The quantitative estimate of drug-likeness (QED) is 0.435. The number of amides is 1. The van der Waals surface area contributed by atoms with E-state index in [1.54, 1.807) is 11.2 Å². The van der Waals surface area contributed by atoms with Gasteiger partial charge in [-0.05, 0) is 66.7 Å². The van der Waals surface area contributed by atoms with E-state index >= 15 is 0 Å². The van der Waals surface area contributed by atoms with Crippen LogP contribution in [0.1, 0.15) is 60.2 Å². The number of carbonyl (C=O) groups is 1. The lowest BCUT2D eigenvalue weighted by atomic mass is 9.68. The number of aryl methyl sites for hydroxylation is 2. The van der Waals surface area contributed by atoms with Gasteiger partial charge in [0.05, 0.1) is 12.2 Å². The molecule has 3 aliphatic rings. The molecule has 8 heteroatoms. The van der Waals surface area contributed by atoms with Gasteiger partial charge in [-0.2, -0.15) is 5.10 Å². The number of likely N-dealkylation sites (tertiary alicyclic amines) is 1. The topological polar surface area (TPSA) is 92.3 Å². The minimum atomic E-state index is -0.211. The number of primary amides is 1. The smallest absolute Gasteiger partial charge is 0.231 e. The molecule has 1 saturated heterocycles. The third-order valence-corrected chi connectivity index (χ3v) is 11.3. The molecule has 1 amide bonds. The van der Waals surface area contributed by atoms with E-state index in [9.17, 15) is 4.79 Å². The zero-order valence-electron chi connectivity index (χ0n) is 21.2. The minimum absolute atomic E-state index is 0.211. The van der Waals surface area contributed by atoms with Gasteiger partial charge < -0.3 is 10.7 Å². The highest BCUT2D eigenvalue weighted by molar-refractivity contribution is 7.19. The summed E-state index contributed by atoms with van der Waals surface area (Å²) in [5.41, 5.74) is 14.7. The standard InChI is InChI=1S/C27H32N6OS/c1-12(2)20-21-15(5)23(27-7-18-26(27,6)17(27)9-32(18)10-19(28)34)35-25(21)31-22(20)16-8-33-24(29-11-30-33)14(4)13(16)3/h8,11-12,17-18,31H,7,9-10H2,1-6H3,(H2,28,34)/t17?,18?,26?,27-/m0/s1. The van der Waals surface area contributed by atoms with Crippen molar-refractivity contribution in [2.24, 2.45) is 17.1 Å². The molecule has 0 radical (unpaired) electrons. The Morgan fingerprint density at radius 1 is 1.29 bits per heavy atom. The first-order valence-corrected chi connectivity index (χ1v) is 13.4. The molecular weight excluding hydrogens is 456 g/mol. The second kappa shape index (κ2) is 6.53. The average molecular weight is 489 g/mol. The highest BCUT2D eigenvalue weighted by atomic mass is 32.1. The number of nitrogens with one attached hydrogen (secondary N) is 1. The van der Waals surface area contributed by atoms with Gasteiger partial charge >= 0.3 is 0 Å². The van der Waals surface area contributed by atoms with Gasteiger partial charge in [0.15, 0.2) is 5.65 Å². The van der Waals surface area contributed by atoms with Gasteiger partial charge in [-0.25, -0.2) is 9.50 Å². The van der Waals surface area contributed by atoms with Gasteiger partial charge in [-0.3, -0.25) is 9.69 Å². The third-order valence-electron chi connectivity index (χ3n) is 9.92. The molecular formula is C27H32N6OS. The first-order chi connectivity index (χ1) is 16.6. The Hall–Kier alpha value is -2.71. The number of hydrogen-bond acceptors (Lipinski definition) is 5. The number of rotatable bonds is 5. The van der Waals surface area contributed by atoms with E-state index in [1.165, 1.54) is 43.7 Å². The molecule has 0 bridgehead atoms. The first kappa shape index (κ1) is 21.6. The van der Waals surface area contributed by atoms with Crippen molar-refractivity contribution in [2.45, 2.75) is 65.3 Å². The van der Waals surface area contributed by atoms with Gasteiger partial charge in [0.1, 0.15) is 11.2 Å². The molecule has 7 rings (SSSR count). The van der Waals surface area contributed by atoms with Crippen LogP contribution in [0, 0.1) is 32.1 Å². The molecule has 4 atom stereocenters. The summed E-state index contributed by atoms with van der Waals surface area (Å²) in [5, 5.41) is 5.83. The van der Waals surface area contributed by atoms with Crippen molar-refractivity contribution >= 4 is 33.1 Å². The maximum Gasteiger partial charge on any atom is 0.231 e. The first-order valence-electron chi connectivity index (χ1n) is 12.6. The van der Waals surface area contributed by atoms with Crippen molar-refractivity contribution in [1.29, 1.82) is 0 Å². The van der Waals surface area contributed by atoms with Crippen LogP contribution in [0.4, 0.5) is 0 Å².